The van der Waals surface area contributed by atoms with Crippen molar-refractivity contribution < 1.29 is 0 Å². The van der Waals surface area contributed by atoms with Crippen LogP contribution in [-0.2, 0) is 0 Å². The molecule has 0 bridgehead atoms. The van der Waals surface area contributed by atoms with Gasteiger partial charge in [0.05, 0.1) is 11.1 Å². The topological polar surface area (TPSA) is 6.48 Å². The van der Waals surface area contributed by atoms with E-state index in [1.54, 1.807) is 11.8 Å². The first kappa shape index (κ1) is 17.0. The minimum Gasteiger partial charge on any atom is -0.378 e. The lowest BCUT2D eigenvalue weighted by Crippen LogP contribution is -2.25. The molecule has 0 radical (unpaired) electrons. The van der Waals surface area contributed by atoms with Crippen molar-refractivity contribution in [1.29, 1.82) is 0 Å². The summed E-state index contributed by atoms with van der Waals surface area (Å²) in [6.45, 7) is 6.50. The molecule has 0 spiro atoms. The molecule has 0 fully saturated rings. The highest BCUT2D eigenvalue weighted by molar-refractivity contribution is 8.02. The standard InChI is InChI=1S/C18H24N2S2/c1-6-17(18-8-7-13-22-18)20(14(2)21-5)16-11-9-15(10-12-16)19(3)4/h7-13,17H,2,6H2,1,3-5H3. The average Bonchev–Trinajstić information content (AvgIpc) is 3.06. The van der Waals surface area contributed by atoms with E-state index >= 15 is 0 Å². The fourth-order valence-corrected chi connectivity index (χ4v) is 3.83. The number of anilines is 2. The molecule has 1 atom stereocenters. The highest BCUT2D eigenvalue weighted by atomic mass is 32.2. The fraction of sp³-hybridized carbons (Fsp3) is 0.333. The van der Waals surface area contributed by atoms with Gasteiger partial charge in [-0.1, -0.05) is 19.6 Å². The van der Waals surface area contributed by atoms with Gasteiger partial charge in [-0.3, -0.25) is 0 Å². The van der Waals surface area contributed by atoms with Gasteiger partial charge in [-0.15, -0.1) is 23.1 Å². The third-order valence-electron chi connectivity index (χ3n) is 3.72. The summed E-state index contributed by atoms with van der Waals surface area (Å²) in [6.07, 6.45) is 3.14. The summed E-state index contributed by atoms with van der Waals surface area (Å²) in [4.78, 5) is 5.86. The van der Waals surface area contributed by atoms with Crippen molar-refractivity contribution in [1.82, 2.24) is 0 Å². The zero-order valence-corrected chi connectivity index (χ0v) is 15.4. The Morgan fingerprint density at radius 2 is 1.82 bits per heavy atom. The first-order valence-electron chi connectivity index (χ1n) is 7.41. The van der Waals surface area contributed by atoms with Gasteiger partial charge in [0.2, 0.25) is 0 Å². The molecule has 0 aliphatic rings. The molecule has 0 aliphatic carbocycles. The predicted octanol–water partition coefficient (Wildman–Crippen LogP) is 5.61. The van der Waals surface area contributed by atoms with Gasteiger partial charge in [0.15, 0.2) is 0 Å². The lowest BCUT2D eigenvalue weighted by molar-refractivity contribution is 0.676. The summed E-state index contributed by atoms with van der Waals surface area (Å²) in [5.74, 6) is 0. The van der Waals surface area contributed by atoms with E-state index in [1.165, 1.54) is 16.3 Å². The van der Waals surface area contributed by atoms with E-state index in [9.17, 15) is 0 Å². The molecular formula is C18H24N2S2. The Morgan fingerprint density at radius 3 is 2.27 bits per heavy atom. The minimum absolute atomic E-state index is 0.338. The molecule has 1 aromatic carbocycles. The highest BCUT2D eigenvalue weighted by Gasteiger charge is 2.22. The van der Waals surface area contributed by atoms with Crippen molar-refractivity contribution in [3.63, 3.8) is 0 Å². The third-order valence-corrected chi connectivity index (χ3v) is 5.36. The van der Waals surface area contributed by atoms with E-state index in [0.717, 1.165) is 11.4 Å². The summed E-state index contributed by atoms with van der Waals surface area (Å²) < 4.78 is 0. The van der Waals surface area contributed by atoms with Crippen LogP contribution in [0.15, 0.2) is 53.4 Å². The van der Waals surface area contributed by atoms with Crippen LogP contribution in [-0.4, -0.2) is 20.4 Å². The molecule has 0 saturated heterocycles. The number of hydrogen-bond acceptors (Lipinski definition) is 4. The molecule has 4 heteroatoms. The lowest BCUT2D eigenvalue weighted by atomic mass is 10.1. The average molecular weight is 333 g/mol. The van der Waals surface area contributed by atoms with Crippen LogP contribution >= 0.6 is 23.1 Å². The first-order valence-corrected chi connectivity index (χ1v) is 9.51. The summed E-state index contributed by atoms with van der Waals surface area (Å²) in [5, 5.41) is 3.23. The number of rotatable bonds is 7. The van der Waals surface area contributed by atoms with Crippen molar-refractivity contribution in [3.8, 4) is 0 Å². The number of hydrogen-bond donors (Lipinski definition) is 0. The number of thioether (sulfide) groups is 1. The van der Waals surface area contributed by atoms with Crippen LogP contribution in [0.4, 0.5) is 11.4 Å². The maximum absolute atomic E-state index is 4.27. The zero-order valence-electron chi connectivity index (χ0n) is 13.7. The van der Waals surface area contributed by atoms with Crippen LogP contribution in [0, 0.1) is 0 Å². The number of thiophene rings is 1. The molecular weight excluding hydrogens is 308 g/mol. The Balaban J connectivity index is 2.39. The van der Waals surface area contributed by atoms with Crippen molar-refractivity contribution >= 4 is 34.5 Å². The summed E-state index contributed by atoms with van der Waals surface area (Å²) in [7, 11) is 4.13. The van der Waals surface area contributed by atoms with E-state index in [0.29, 0.717) is 6.04 Å². The summed E-state index contributed by atoms with van der Waals surface area (Å²) in [5.41, 5.74) is 2.41. The maximum atomic E-state index is 4.27. The zero-order chi connectivity index (χ0) is 16.1. The van der Waals surface area contributed by atoms with Crippen molar-refractivity contribution in [2.45, 2.75) is 19.4 Å². The maximum Gasteiger partial charge on any atom is 0.0686 e. The van der Waals surface area contributed by atoms with Crippen molar-refractivity contribution in [3.05, 3.63) is 58.3 Å². The highest BCUT2D eigenvalue weighted by Crippen LogP contribution is 2.38. The quantitative estimate of drug-likeness (QED) is 0.651. The van der Waals surface area contributed by atoms with E-state index in [4.69, 9.17) is 0 Å². The molecule has 2 aromatic rings. The van der Waals surface area contributed by atoms with Gasteiger partial charge >= 0.3 is 0 Å². The Labute approximate surface area is 142 Å². The molecule has 2 nitrogen and oxygen atoms in total. The molecule has 1 aromatic heterocycles. The van der Waals surface area contributed by atoms with Crippen LogP contribution < -0.4 is 9.80 Å². The Kier molecular flexibility index (Phi) is 5.98. The van der Waals surface area contributed by atoms with Crippen molar-refractivity contribution in [2.24, 2.45) is 0 Å². The van der Waals surface area contributed by atoms with Gasteiger partial charge in [-0.25, -0.2) is 0 Å². The second-order valence-corrected chi connectivity index (χ2v) is 7.18. The molecule has 22 heavy (non-hydrogen) atoms. The fourth-order valence-electron chi connectivity index (χ4n) is 2.50. The molecule has 1 unspecified atom stereocenters. The lowest BCUT2D eigenvalue weighted by Gasteiger charge is -2.33. The second-order valence-electron chi connectivity index (χ2n) is 5.32. The van der Waals surface area contributed by atoms with Crippen LogP contribution in [0.5, 0.6) is 0 Å². The molecule has 0 amide bonds. The van der Waals surface area contributed by atoms with Gasteiger partial charge < -0.3 is 9.80 Å². The van der Waals surface area contributed by atoms with E-state index < -0.39 is 0 Å². The molecule has 118 valence electrons. The first-order chi connectivity index (χ1) is 10.6. The van der Waals surface area contributed by atoms with Gasteiger partial charge in [-0.2, -0.15) is 0 Å². The SMILES string of the molecule is C=C(SC)N(c1ccc(N(C)C)cc1)C(CC)c1cccs1. The Bertz CT molecular complexity index is 588. The number of nitrogens with zero attached hydrogens (tertiary/aromatic N) is 2. The van der Waals surface area contributed by atoms with Gasteiger partial charge in [0.1, 0.15) is 0 Å². The van der Waals surface area contributed by atoms with Crippen LogP contribution in [0.25, 0.3) is 0 Å². The Morgan fingerprint density at radius 1 is 1.18 bits per heavy atom. The largest absolute Gasteiger partial charge is 0.378 e. The Hall–Kier alpha value is -1.39. The molecule has 0 saturated carbocycles. The van der Waals surface area contributed by atoms with Crippen LogP contribution in [0.3, 0.4) is 0 Å². The monoisotopic (exact) mass is 332 g/mol. The van der Waals surface area contributed by atoms with Crippen LogP contribution in [0.1, 0.15) is 24.3 Å². The number of benzene rings is 1. The van der Waals surface area contributed by atoms with Gasteiger partial charge in [-0.05, 0) is 48.4 Å². The second kappa shape index (κ2) is 7.75. The molecule has 2 rings (SSSR count). The smallest absolute Gasteiger partial charge is 0.0686 e. The van der Waals surface area contributed by atoms with Gasteiger partial charge in [0, 0.05) is 30.3 Å². The minimum atomic E-state index is 0.338. The summed E-state index contributed by atoms with van der Waals surface area (Å²) >= 11 is 3.52. The summed E-state index contributed by atoms with van der Waals surface area (Å²) in [6, 6.07) is 13.4. The van der Waals surface area contributed by atoms with E-state index in [1.807, 2.05) is 11.3 Å². The van der Waals surface area contributed by atoms with Gasteiger partial charge in [0.25, 0.3) is 0 Å². The molecule has 0 N–H and O–H groups in total. The molecule has 1 heterocycles. The molecule has 0 aliphatic heterocycles. The third kappa shape index (κ3) is 3.68. The normalized spacial score (nSPS) is 12.0. The van der Waals surface area contributed by atoms with Crippen LogP contribution in [0.2, 0.25) is 0 Å². The van der Waals surface area contributed by atoms with E-state index in [-0.39, 0.29) is 0 Å². The van der Waals surface area contributed by atoms with E-state index in [2.05, 4.69) is 85.4 Å². The van der Waals surface area contributed by atoms with Crippen molar-refractivity contribution in [2.75, 3.05) is 30.2 Å². The predicted molar refractivity (Wildman–Crippen MR) is 103 cm³/mol.